The van der Waals surface area contributed by atoms with Crippen LogP contribution in [0.4, 0.5) is 0 Å². The molecule has 1 atom stereocenters. The van der Waals surface area contributed by atoms with Crippen LogP contribution in [0.2, 0.25) is 0 Å². The molecule has 0 aliphatic rings. The number of rotatable bonds is 7. The molecule has 2 aromatic carbocycles. The number of benzene rings is 2. The van der Waals surface area contributed by atoms with E-state index in [1.165, 1.54) is 0 Å². The highest BCUT2D eigenvalue weighted by Crippen LogP contribution is 2.21. The van der Waals surface area contributed by atoms with Crippen molar-refractivity contribution in [2.75, 3.05) is 0 Å². The zero-order chi connectivity index (χ0) is 20.1. The van der Waals surface area contributed by atoms with Gasteiger partial charge in [0.15, 0.2) is 0 Å². The number of aromatic amines is 1. The number of pyridine rings is 1. The molecule has 4 rings (SSSR count). The van der Waals surface area contributed by atoms with Crippen molar-refractivity contribution in [3.63, 3.8) is 0 Å². The summed E-state index contributed by atoms with van der Waals surface area (Å²) < 4.78 is 5.84. The summed E-state index contributed by atoms with van der Waals surface area (Å²) >= 11 is 0. The Kier molecular flexibility index (Phi) is 5.56. The van der Waals surface area contributed by atoms with Gasteiger partial charge in [-0.25, -0.2) is 0 Å². The van der Waals surface area contributed by atoms with Crippen LogP contribution in [0.25, 0.3) is 10.9 Å². The largest absolute Gasteiger partial charge is 0.487 e. The van der Waals surface area contributed by atoms with Crippen LogP contribution < -0.4 is 10.1 Å². The molecule has 0 radical (unpaired) electrons. The Labute approximate surface area is 169 Å². The zero-order valence-corrected chi connectivity index (χ0v) is 16.3. The fourth-order valence-electron chi connectivity index (χ4n) is 3.34. The monoisotopic (exact) mass is 385 g/mol. The van der Waals surface area contributed by atoms with Crippen molar-refractivity contribution in [1.82, 2.24) is 15.3 Å². The average molecular weight is 385 g/mol. The Balaban J connectivity index is 1.37. The maximum Gasteiger partial charge on any atom is 0.224 e. The summed E-state index contributed by atoms with van der Waals surface area (Å²) in [5, 5.41) is 4.16. The number of H-pyrrole nitrogens is 1. The van der Waals surface area contributed by atoms with Gasteiger partial charge in [-0.05, 0) is 48.4 Å². The maximum atomic E-state index is 12.6. The molecule has 0 saturated heterocycles. The molecule has 2 heterocycles. The van der Waals surface area contributed by atoms with Gasteiger partial charge in [0.2, 0.25) is 5.91 Å². The summed E-state index contributed by atoms with van der Waals surface area (Å²) in [4.78, 5) is 20.0. The summed E-state index contributed by atoms with van der Waals surface area (Å²) in [6, 6.07) is 21.4. The van der Waals surface area contributed by atoms with Crippen molar-refractivity contribution in [2.45, 2.75) is 26.0 Å². The van der Waals surface area contributed by atoms with Gasteiger partial charge in [-0.15, -0.1) is 0 Å². The third-order valence-corrected chi connectivity index (χ3v) is 4.87. The van der Waals surface area contributed by atoms with Gasteiger partial charge in [-0.1, -0.05) is 36.4 Å². The molecule has 0 aliphatic carbocycles. The lowest BCUT2D eigenvalue weighted by Crippen LogP contribution is -2.28. The first-order valence-corrected chi connectivity index (χ1v) is 9.66. The smallest absolute Gasteiger partial charge is 0.224 e. The molecule has 29 heavy (non-hydrogen) atoms. The molecule has 2 N–H and O–H groups in total. The molecule has 146 valence electrons. The van der Waals surface area contributed by atoms with Gasteiger partial charge in [0.25, 0.3) is 0 Å². The predicted molar refractivity (Wildman–Crippen MR) is 114 cm³/mol. The van der Waals surface area contributed by atoms with Gasteiger partial charge in [0, 0.05) is 23.3 Å². The van der Waals surface area contributed by atoms with Crippen LogP contribution in [0.15, 0.2) is 79.1 Å². The fraction of sp³-hybridized carbons (Fsp3) is 0.167. The SMILES string of the molecule is C[C@@H](NC(=O)Cc1c[nH]c2ccccc12)c1cccc(OCc2ccccn2)c1. The average Bonchev–Trinajstić information content (AvgIpc) is 3.16. The second-order valence-corrected chi connectivity index (χ2v) is 7.01. The number of ether oxygens (including phenoxy) is 1. The van der Waals surface area contributed by atoms with Gasteiger partial charge in [0.05, 0.1) is 18.2 Å². The van der Waals surface area contributed by atoms with E-state index in [4.69, 9.17) is 4.74 Å². The van der Waals surface area contributed by atoms with Crippen molar-refractivity contribution >= 4 is 16.8 Å². The first-order valence-electron chi connectivity index (χ1n) is 9.66. The molecule has 5 nitrogen and oxygen atoms in total. The Morgan fingerprint density at radius 3 is 2.83 bits per heavy atom. The van der Waals surface area contributed by atoms with E-state index in [0.29, 0.717) is 13.0 Å². The number of amides is 1. The van der Waals surface area contributed by atoms with Crippen molar-refractivity contribution in [2.24, 2.45) is 0 Å². The highest BCUT2D eigenvalue weighted by Gasteiger charge is 2.13. The van der Waals surface area contributed by atoms with E-state index in [2.05, 4.69) is 15.3 Å². The standard InChI is InChI=1S/C24H23N3O2/c1-17(27-24(28)14-19-15-26-23-11-3-2-10-22(19)23)18-7-6-9-21(13-18)29-16-20-8-4-5-12-25-20/h2-13,15,17,26H,14,16H2,1H3,(H,27,28)/t17-/m1/s1. The van der Waals surface area contributed by atoms with Gasteiger partial charge in [0.1, 0.15) is 12.4 Å². The number of carbonyl (C=O) groups excluding carboxylic acids is 1. The van der Waals surface area contributed by atoms with Crippen molar-refractivity contribution in [1.29, 1.82) is 0 Å². The first kappa shape index (κ1) is 18.7. The molecular formula is C24H23N3O2. The number of para-hydroxylation sites is 1. The number of hydrogen-bond acceptors (Lipinski definition) is 3. The molecule has 0 unspecified atom stereocenters. The normalized spacial score (nSPS) is 11.9. The fourth-order valence-corrected chi connectivity index (χ4v) is 3.34. The molecular weight excluding hydrogens is 362 g/mol. The Morgan fingerprint density at radius 1 is 1.10 bits per heavy atom. The summed E-state index contributed by atoms with van der Waals surface area (Å²) in [5.41, 5.74) is 3.91. The van der Waals surface area contributed by atoms with Gasteiger partial charge in [-0.3, -0.25) is 9.78 Å². The van der Waals surface area contributed by atoms with E-state index in [1.807, 2.05) is 79.9 Å². The predicted octanol–water partition coefficient (Wildman–Crippen LogP) is 4.56. The summed E-state index contributed by atoms with van der Waals surface area (Å²) in [7, 11) is 0. The van der Waals surface area contributed by atoms with E-state index in [1.54, 1.807) is 6.20 Å². The summed E-state index contributed by atoms with van der Waals surface area (Å²) in [6.07, 6.45) is 3.99. The molecule has 0 aliphatic heterocycles. The lowest BCUT2D eigenvalue weighted by Gasteiger charge is -2.15. The van der Waals surface area contributed by atoms with E-state index >= 15 is 0 Å². The second kappa shape index (κ2) is 8.61. The van der Waals surface area contributed by atoms with Crippen molar-refractivity contribution in [3.8, 4) is 5.75 Å². The lowest BCUT2D eigenvalue weighted by atomic mass is 10.1. The topological polar surface area (TPSA) is 67.0 Å². The van der Waals surface area contributed by atoms with Crippen LogP contribution in [-0.2, 0) is 17.8 Å². The van der Waals surface area contributed by atoms with Gasteiger partial charge >= 0.3 is 0 Å². The van der Waals surface area contributed by atoms with Crippen LogP contribution in [0.5, 0.6) is 5.75 Å². The Hall–Kier alpha value is -3.60. The summed E-state index contributed by atoms with van der Waals surface area (Å²) in [6.45, 7) is 2.39. The number of hydrogen-bond donors (Lipinski definition) is 2. The number of fused-ring (bicyclic) bond motifs is 1. The summed E-state index contributed by atoms with van der Waals surface area (Å²) in [5.74, 6) is 0.743. The van der Waals surface area contributed by atoms with Crippen LogP contribution in [0.1, 0.15) is 29.8 Å². The highest BCUT2D eigenvalue weighted by molar-refractivity contribution is 5.88. The second-order valence-electron chi connectivity index (χ2n) is 7.01. The molecule has 2 aromatic heterocycles. The van der Waals surface area contributed by atoms with Crippen molar-refractivity contribution in [3.05, 3.63) is 95.9 Å². The number of carbonyl (C=O) groups is 1. The number of nitrogens with zero attached hydrogens (tertiary/aromatic N) is 1. The molecule has 4 aromatic rings. The number of aromatic nitrogens is 2. The molecule has 0 fully saturated rings. The zero-order valence-electron chi connectivity index (χ0n) is 16.3. The lowest BCUT2D eigenvalue weighted by molar-refractivity contribution is -0.121. The van der Waals surface area contributed by atoms with E-state index in [9.17, 15) is 4.79 Å². The van der Waals surface area contributed by atoms with E-state index in [0.717, 1.165) is 33.5 Å². The molecule has 0 spiro atoms. The van der Waals surface area contributed by atoms with Crippen LogP contribution >= 0.6 is 0 Å². The Morgan fingerprint density at radius 2 is 1.97 bits per heavy atom. The quantitative estimate of drug-likeness (QED) is 0.490. The van der Waals surface area contributed by atoms with Crippen LogP contribution in [-0.4, -0.2) is 15.9 Å². The minimum atomic E-state index is -0.119. The molecule has 1 amide bonds. The third kappa shape index (κ3) is 4.63. The molecule has 5 heteroatoms. The molecule has 0 saturated carbocycles. The first-order chi connectivity index (χ1) is 14.2. The van der Waals surface area contributed by atoms with Crippen molar-refractivity contribution < 1.29 is 9.53 Å². The van der Waals surface area contributed by atoms with E-state index < -0.39 is 0 Å². The van der Waals surface area contributed by atoms with Crippen LogP contribution in [0, 0.1) is 0 Å². The Bertz CT molecular complexity index is 1110. The number of nitrogens with one attached hydrogen (secondary N) is 2. The maximum absolute atomic E-state index is 12.6. The molecule has 0 bridgehead atoms. The van der Waals surface area contributed by atoms with Gasteiger partial charge in [-0.2, -0.15) is 0 Å². The minimum absolute atomic E-state index is 0.0120. The van der Waals surface area contributed by atoms with Gasteiger partial charge < -0.3 is 15.0 Å². The third-order valence-electron chi connectivity index (χ3n) is 4.87. The van der Waals surface area contributed by atoms with E-state index in [-0.39, 0.29) is 11.9 Å². The minimum Gasteiger partial charge on any atom is -0.487 e. The highest BCUT2D eigenvalue weighted by atomic mass is 16.5. The van der Waals surface area contributed by atoms with Crippen LogP contribution in [0.3, 0.4) is 0 Å².